The number of hydrogen-bond acceptors (Lipinski definition) is 4. The average Bonchev–Trinajstić information content (AvgIpc) is 3.15. The van der Waals surface area contributed by atoms with E-state index in [1.165, 1.54) is 0 Å². The minimum absolute atomic E-state index is 0.0590. The molecule has 146 valence electrons. The lowest BCUT2D eigenvalue weighted by Crippen LogP contribution is -2.50. The molecule has 1 aliphatic rings. The van der Waals surface area contributed by atoms with Gasteiger partial charge in [-0.05, 0) is 35.9 Å². The molecule has 3 aromatic rings. The zero-order valence-corrected chi connectivity index (χ0v) is 16.6. The van der Waals surface area contributed by atoms with Crippen molar-refractivity contribution < 1.29 is 4.79 Å². The van der Waals surface area contributed by atoms with E-state index >= 15 is 0 Å². The summed E-state index contributed by atoms with van der Waals surface area (Å²) in [6.45, 7) is 3.02. The molecule has 0 atom stereocenters. The van der Waals surface area contributed by atoms with Crippen LogP contribution < -0.4 is 4.90 Å². The molecule has 0 N–H and O–H groups in total. The number of benzene rings is 2. The Balaban J connectivity index is 1.40. The number of anilines is 1. The van der Waals surface area contributed by atoms with Crippen LogP contribution in [0.1, 0.15) is 17.0 Å². The Morgan fingerprint density at radius 1 is 1.10 bits per heavy atom. The molecule has 1 aliphatic heterocycles. The molecule has 0 radical (unpaired) electrons. The van der Waals surface area contributed by atoms with Crippen LogP contribution in [-0.4, -0.2) is 40.0 Å². The fraction of sp³-hybridized carbons (Fsp3) is 0.227. The Kier molecular flexibility index (Phi) is 5.61. The predicted molar refractivity (Wildman–Crippen MR) is 112 cm³/mol. The first-order valence-electron chi connectivity index (χ1n) is 9.40. The molecule has 4 rings (SSSR count). The normalized spacial score (nSPS) is 14.8. The fourth-order valence-electron chi connectivity index (χ4n) is 3.49. The van der Waals surface area contributed by atoms with Crippen LogP contribution in [0, 0.1) is 11.3 Å². The van der Waals surface area contributed by atoms with Crippen molar-refractivity contribution in [1.29, 1.82) is 5.26 Å². The Bertz CT molecular complexity index is 1050. The summed E-state index contributed by atoms with van der Waals surface area (Å²) < 4.78 is 2.08. The lowest BCUT2D eigenvalue weighted by atomic mass is 10.1. The van der Waals surface area contributed by atoms with Gasteiger partial charge >= 0.3 is 0 Å². The Hall–Kier alpha value is -3.14. The zero-order valence-electron chi connectivity index (χ0n) is 15.8. The molecule has 2 heterocycles. The van der Waals surface area contributed by atoms with Crippen LogP contribution in [0.2, 0.25) is 5.02 Å². The molecule has 0 aliphatic carbocycles. The molecular weight excluding hydrogens is 386 g/mol. The number of imidazole rings is 1. The minimum atomic E-state index is 0.0590. The number of piperazine rings is 1. The zero-order chi connectivity index (χ0) is 20.2. The van der Waals surface area contributed by atoms with Gasteiger partial charge in [-0.2, -0.15) is 5.26 Å². The molecule has 7 heteroatoms. The monoisotopic (exact) mass is 405 g/mol. The van der Waals surface area contributed by atoms with Gasteiger partial charge in [-0.15, -0.1) is 0 Å². The molecule has 1 fully saturated rings. The summed E-state index contributed by atoms with van der Waals surface area (Å²) in [5, 5.41) is 9.56. The number of carbonyl (C=O) groups is 1. The van der Waals surface area contributed by atoms with Gasteiger partial charge in [0.15, 0.2) is 0 Å². The van der Waals surface area contributed by atoms with Gasteiger partial charge in [0.05, 0.1) is 24.7 Å². The van der Waals surface area contributed by atoms with Gasteiger partial charge in [-0.3, -0.25) is 9.69 Å². The maximum atomic E-state index is 12.7. The van der Waals surface area contributed by atoms with Crippen molar-refractivity contribution in [2.24, 2.45) is 0 Å². The summed E-state index contributed by atoms with van der Waals surface area (Å²) >= 11 is 6.06. The summed E-state index contributed by atoms with van der Waals surface area (Å²) in [7, 11) is 0. The Morgan fingerprint density at radius 3 is 2.66 bits per heavy atom. The number of aromatic nitrogens is 2. The minimum Gasteiger partial charge on any atom is -0.329 e. The second-order valence-electron chi connectivity index (χ2n) is 7.02. The summed E-state index contributed by atoms with van der Waals surface area (Å²) in [5.74, 6) is 0.974. The van der Waals surface area contributed by atoms with E-state index < -0.39 is 0 Å². The van der Waals surface area contributed by atoms with Gasteiger partial charge in [-0.25, -0.2) is 4.98 Å². The molecular formula is C22H20ClN5O. The van der Waals surface area contributed by atoms with E-state index in [1.54, 1.807) is 17.2 Å². The van der Waals surface area contributed by atoms with Crippen LogP contribution in [-0.2, 0) is 17.9 Å². The number of nitrogens with zero attached hydrogens (tertiary/aromatic N) is 5. The number of halogens is 1. The van der Waals surface area contributed by atoms with Crippen LogP contribution >= 0.6 is 11.6 Å². The molecule has 0 bridgehead atoms. The van der Waals surface area contributed by atoms with Crippen molar-refractivity contribution >= 4 is 23.2 Å². The first kappa shape index (κ1) is 19.2. The van der Waals surface area contributed by atoms with Crippen LogP contribution in [0.3, 0.4) is 0 Å². The highest BCUT2D eigenvalue weighted by molar-refractivity contribution is 6.30. The topological polar surface area (TPSA) is 65.2 Å². The molecule has 0 saturated carbocycles. The molecule has 1 aromatic heterocycles. The molecule has 6 nitrogen and oxygen atoms in total. The maximum Gasteiger partial charge on any atom is 0.241 e. The van der Waals surface area contributed by atoms with Crippen LogP contribution in [0.15, 0.2) is 60.9 Å². The highest BCUT2D eigenvalue weighted by atomic mass is 35.5. The van der Waals surface area contributed by atoms with Crippen molar-refractivity contribution in [2.75, 3.05) is 24.5 Å². The van der Waals surface area contributed by atoms with E-state index in [0.29, 0.717) is 36.8 Å². The first-order chi connectivity index (χ1) is 14.1. The highest BCUT2D eigenvalue weighted by Crippen LogP contribution is 2.22. The van der Waals surface area contributed by atoms with Crippen molar-refractivity contribution in [3.63, 3.8) is 0 Å². The second kappa shape index (κ2) is 8.48. The second-order valence-corrected chi connectivity index (χ2v) is 7.45. The maximum absolute atomic E-state index is 12.7. The smallest absolute Gasteiger partial charge is 0.241 e. The van der Waals surface area contributed by atoms with Gasteiger partial charge in [0.1, 0.15) is 5.82 Å². The number of hydrogen-bond donors (Lipinski definition) is 0. The van der Waals surface area contributed by atoms with Crippen LogP contribution in [0.4, 0.5) is 5.69 Å². The average molecular weight is 406 g/mol. The van der Waals surface area contributed by atoms with Crippen molar-refractivity contribution in [3.8, 4) is 6.07 Å². The lowest BCUT2D eigenvalue weighted by molar-refractivity contribution is -0.121. The third-order valence-electron chi connectivity index (χ3n) is 5.02. The fourth-order valence-corrected chi connectivity index (χ4v) is 3.68. The summed E-state index contributed by atoms with van der Waals surface area (Å²) in [6.07, 6.45) is 3.72. The first-order valence-corrected chi connectivity index (χ1v) is 9.77. The van der Waals surface area contributed by atoms with E-state index in [1.807, 2.05) is 48.7 Å². The number of nitriles is 1. The summed E-state index contributed by atoms with van der Waals surface area (Å²) in [5.41, 5.74) is 2.59. The Morgan fingerprint density at radius 2 is 1.93 bits per heavy atom. The predicted octanol–water partition coefficient (Wildman–Crippen LogP) is 3.31. The van der Waals surface area contributed by atoms with Crippen molar-refractivity contribution in [3.05, 3.63) is 82.9 Å². The van der Waals surface area contributed by atoms with Gasteiger partial charge in [0.2, 0.25) is 5.91 Å². The van der Waals surface area contributed by atoms with E-state index in [-0.39, 0.29) is 5.91 Å². The van der Waals surface area contributed by atoms with Crippen LogP contribution in [0.5, 0.6) is 0 Å². The molecule has 29 heavy (non-hydrogen) atoms. The standard InChI is InChI=1S/C22H20ClN5O/c23-19-2-1-3-20(12-19)28-11-10-26(16-22(28)29)15-21-25-8-9-27(21)14-18-6-4-17(13-24)5-7-18/h1-9,12H,10-11,14-16H2. The molecule has 0 spiro atoms. The number of amides is 1. The van der Waals surface area contributed by atoms with Gasteiger partial charge in [0.25, 0.3) is 0 Å². The quantitative estimate of drug-likeness (QED) is 0.653. The summed E-state index contributed by atoms with van der Waals surface area (Å²) in [6, 6.07) is 17.1. The van der Waals surface area contributed by atoms with E-state index in [0.717, 1.165) is 23.6 Å². The van der Waals surface area contributed by atoms with Gasteiger partial charge in [0, 0.05) is 42.7 Å². The summed E-state index contributed by atoms with van der Waals surface area (Å²) in [4.78, 5) is 21.0. The third kappa shape index (κ3) is 4.48. The lowest BCUT2D eigenvalue weighted by Gasteiger charge is -2.34. The van der Waals surface area contributed by atoms with Gasteiger partial charge in [-0.1, -0.05) is 29.8 Å². The van der Waals surface area contributed by atoms with E-state index in [9.17, 15) is 4.79 Å². The third-order valence-corrected chi connectivity index (χ3v) is 5.26. The molecule has 2 aromatic carbocycles. The van der Waals surface area contributed by atoms with Crippen molar-refractivity contribution in [2.45, 2.75) is 13.1 Å². The van der Waals surface area contributed by atoms with E-state index in [2.05, 4.69) is 20.5 Å². The number of carbonyl (C=O) groups excluding carboxylic acids is 1. The van der Waals surface area contributed by atoms with Gasteiger partial charge < -0.3 is 9.47 Å². The Labute approximate surface area is 174 Å². The largest absolute Gasteiger partial charge is 0.329 e. The molecule has 1 saturated heterocycles. The number of rotatable bonds is 5. The highest BCUT2D eigenvalue weighted by Gasteiger charge is 2.26. The SMILES string of the molecule is N#Cc1ccc(Cn2ccnc2CN2CCN(c3cccc(Cl)c3)C(=O)C2)cc1. The van der Waals surface area contributed by atoms with E-state index in [4.69, 9.17) is 16.9 Å². The molecule has 0 unspecified atom stereocenters. The van der Waals surface area contributed by atoms with Crippen molar-refractivity contribution in [1.82, 2.24) is 14.5 Å². The van der Waals surface area contributed by atoms with Crippen LogP contribution in [0.25, 0.3) is 0 Å². The molecule has 1 amide bonds.